The third-order valence-electron chi connectivity index (χ3n) is 3.37. The van der Waals surface area contributed by atoms with Crippen molar-refractivity contribution in [2.45, 2.75) is 31.5 Å². The van der Waals surface area contributed by atoms with Gasteiger partial charge in [0.25, 0.3) is 5.91 Å². The summed E-state index contributed by atoms with van der Waals surface area (Å²) >= 11 is 0. The number of rotatable bonds is 3. The molecule has 4 nitrogen and oxygen atoms in total. The molecule has 0 spiro atoms. The molecule has 0 unspecified atom stereocenters. The quantitative estimate of drug-likeness (QED) is 0.840. The average molecular weight is 318 g/mol. The molecule has 0 bridgehead atoms. The lowest BCUT2D eigenvalue weighted by Gasteiger charge is -2.23. The molecular formula is C14H14F4N2O2. The van der Waals surface area contributed by atoms with Crippen LogP contribution >= 0.6 is 0 Å². The summed E-state index contributed by atoms with van der Waals surface area (Å²) in [6.07, 6.45) is -3.29. The van der Waals surface area contributed by atoms with Crippen molar-refractivity contribution >= 4 is 11.8 Å². The van der Waals surface area contributed by atoms with Gasteiger partial charge in [0.2, 0.25) is 5.91 Å². The summed E-state index contributed by atoms with van der Waals surface area (Å²) in [5, 5.41) is 4.94. The fourth-order valence-corrected chi connectivity index (χ4v) is 2.35. The lowest BCUT2D eigenvalue weighted by Crippen LogP contribution is -2.46. The second-order valence-corrected chi connectivity index (χ2v) is 5.03. The van der Waals surface area contributed by atoms with E-state index >= 15 is 0 Å². The summed E-state index contributed by atoms with van der Waals surface area (Å²) in [6, 6.07) is 2.29. The molecule has 1 heterocycles. The van der Waals surface area contributed by atoms with E-state index in [2.05, 4.69) is 10.6 Å². The minimum Gasteiger partial charge on any atom is -0.352 e. The number of hydrogen-bond acceptors (Lipinski definition) is 2. The Kier molecular flexibility index (Phi) is 4.68. The molecule has 0 aliphatic carbocycles. The highest BCUT2D eigenvalue weighted by Crippen LogP contribution is 2.34. The molecule has 1 aromatic carbocycles. The molecule has 0 aromatic heterocycles. The molecule has 1 atom stereocenters. The SMILES string of the molecule is O=C1CCC[C@H](CNC(=O)c2cccc(F)c2C(F)(F)F)N1. The number of nitrogens with one attached hydrogen (secondary N) is 2. The fourth-order valence-electron chi connectivity index (χ4n) is 2.35. The number of piperidine rings is 1. The summed E-state index contributed by atoms with van der Waals surface area (Å²) in [4.78, 5) is 23.1. The van der Waals surface area contributed by atoms with Crippen molar-refractivity contribution in [3.05, 3.63) is 35.1 Å². The van der Waals surface area contributed by atoms with Crippen molar-refractivity contribution in [1.82, 2.24) is 10.6 Å². The van der Waals surface area contributed by atoms with Gasteiger partial charge in [0.1, 0.15) is 11.4 Å². The number of hydrogen-bond donors (Lipinski definition) is 2. The molecule has 1 fully saturated rings. The maximum absolute atomic E-state index is 13.4. The lowest BCUT2D eigenvalue weighted by molar-refractivity contribution is -0.140. The van der Waals surface area contributed by atoms with Gasteiger partial charge >= 0.3 is 6.18 Å². The summed E-state index contributed by atoms with van der Waals surface area (Å²) in [5.41, 5.74) is -2.35. The van der Waals surface area contributed by atoms with Gasteiger partial charge in [-0.3, -0.25) is 9.59 Å². The Morgan fingerprint density at radius 1 is 1.36 bits per heavy atom. The third kappa shape index (κ3) is 3.75. The minimum absolute atomic E-state index is 0.00160. The first-order chi connectivity index (χ1) is 10.3. The molecular weight excluding hydrogens is 304 g/mol. The van der Waals surface area contributed by atoms with Crippen molar-refractivity contribution < 1.29 is 27.2 Å². The Hall–Kier alpha value is -2.12. The second-order valence-electron chi connectivity index (χ2n) is 5.03. The standard InChI is InChI=1S/C14H14F4N2O2/c15-10-5-2-4-9(12(10)14(16,17)18)13(22)19-7-8-3-1-6-11(21)20-8/h2,4-5,8H,1,3,6-7H2,(H,19,22)(H,20,21)/t8-/m1/s1. The van der Waals surface area contributed by atoms with Gasteiger partial charge in [-0.15, -0.1) is 0 Å². The van der Waals surface area contributed by atoms with Crippen molar-refractivity contribution in [2.24, 2.45) is 0 Å². The Bertz CT molecular complexity index is 587. The van der Waals surface area contributed by atoms with E-state index in [1.165, 1.54) is 0 Å². The van der Waals surface area contributed by atoms with Crippen LogP contribution in [0.15, 0.2) is 18.2 Å². The fraction of sp³-hybridized carbons (Fsp3) is 0.429. The van der Waals surface area contributed by atoms with Gasteiger partial charge in [-0.1, -0.05) is 6.07 Å². The van der Waals surface area contributed by atoms with E-state index in [0.29, 0.717) is 25.3 Å². The van der Waals surface area contributed by atoms with Gasteiger partial charge in [-0.25, -0.2) is 4.39 Å². The second kappa shape index (κ2) is 6.33. The molecule has 22 heavy (non-hydrogen) atoms. The molecule has 2 amide bonds. The first kappa shape index (κ1) is 16.3. The van der Waals surface area contributed by atoms with Crippen molar-refractivity contribution in [3.63, 3.8) is 0 Å². The van der Waals surface area contributed by atoms with Crippen LogP contribution in [0, 0.1) is 5.82 Å². The molecule has 1 aliphatic heterocycles. The van der Waals surface area contributed by atoms with Crippen molar-refractivity contribution in [1.29, 1.82) is 0 Å². The van der Waals surface area contributed by atoms with Crippen LogP contribution in [0.4, 0.5) is 17.6 Å². The van der Waals surface area contributed by atoms with Crippen LogP contribution in [0.25, 0.3) is 0 Å². The lowest BCUT2D eigenvalue weighted by atomic mass is 10.0. The van der Waals surface area contributed by atoms with Gasteiger partial charge in [0, 0.05) is 19.0 Å². The molecule has 2 N–H and O–H groups in total. The first-order valence-corrected chi connectivity index (χ1v) is 6.72. The zero-order valence-electron chi connectivity index (χ0n) is 11.5. The third-order valence-corrected chi connectivity index (χ3v) is 3.37. The predicted molar refractivity (Wildman–Crippen MR) is 69.5 cm³/mol. The Balaban J connectivity index is 2.10. The van der Waals surface area contributed by atoms with Gasteiger partial charge < -0.3 is 10.6 Å². The van der Waals surface area contributed by atoms with E-state index in [-0.39, 0.29) is 18.5 Å². The first-order valence-electron chi connectivity index (χ1n) is 6.72. The van der Waals surface area contributed by atoms with E-state index in [1.807, 2.05) is 0 Å². The average Bonchev–Trinajstić information content (AvgIpc) is 2.43. The Labute approximate surface area is 123 Å². The number of alkyl halides is 3. The van der Waals surface area contributed by atoms with Crippen LogP contribution in [0.5, 0.6) is 0 Å². The number of halogens is 4. The molecule has 1 aliphatic rings. The highest BCUT2D eigenvalue weighted by Gasteiger charge is 2.38. The predicted octanol–water partition coefficient (Wildman–Crippen LogP) is 2.24. The molecule has 0 radical (unpaired) electrons. The van der Waals surface area contributed by atoms with E-state index in [0.717, 1.165) is 12.1 Å². The van der Waals surface area contributed by atoms with Crippen LogP contribution in [-0.2, 0) is 11.0 Å². The number of amides is 2. The van der Waals surface area contributed by atoms with E-state index < -0.39 is 29.0 Å². The van der Waals surface area contributed by atoms with Crippen LogP contribution in [0.3, 0.4) is 0 Å². The number of carbonyl (C=O) groups excluding carboxylic acids is 2. The maximum atomic E-state index is 13.4. The van der Waals surface area contributed by atoms with E-state index in [1.54, 1.807) is 0 Å². The molecule has 0 saturated carbocycles. The molecule has 2 rings (SSSR count). The summed E-state index contributed by atoms with van der Waals surface area (Å²) in [7, 11) is 0. The smallest absolute Gasteiger partial charge is 0.352 e. The van der Waals surface area contributed by atoms with Gasteiger partial charge in [0.05, 0.1) is 5.56 Å². The number of carbonyl (C=O) groups is 2. The van der Waals surface area contributed by atoms with Crippen LogP contribution in [0.2, 0.25) is 0 Å². The van der Waals surface area contributed by atoms with E-state index in [9.17, 15) is 27.2 Å². The normalized spacial score (nSPS) is 18.7. The molecule has 8 heteroatoms. The largest absolute Gasteiger partial charge is 0.420 e. The van der Waals surface area contributed by atoms with Crippen molar-refractivity contribution in [2.75, 3.05) is 6.54 Å². The number of benzene rings is 1. The zero-order chi connectivity index (χ0) is 16.3. The van der Waals surface area contributed by atoms with Crippen LogP contribution in [-0.4, -0.2) is 24.4 Å². The van der Waals surface area contributed by atoms with Gasteiger partial charge in [-0.05, 0) is 25.0 Å². The molecule has 1 saturated heterocycles. The molecule has 1 aromatic rings. The summed E-state index contributed by atoms with van der Waals surface area (Å²) in [6.45, 7) is -0.00160. The highest BCUT2D eigenvalue weighted by molar-refractivity contribution is 5.96. The maximum Gasteiger partial charge on any atom is 0.420 e. The van der Waals surface area contributed by atoms with Gasteiger partial charge in [0.15, 0.2) is 0 Å². The van der Waals surface area contributed by atoms with Gasteiger partial charge in [-0.2, -0.15) is 13.2 Å². The van der Waals surface area contributed by atoms with Crippen LogP contribution < -0.4 is 10.6 Å². The van der Waals surface area contributed by atoms with E-state index in [4.69, 9.17) is 0 Å². The Morgan fingerprint density at radius 3 is 2.73 bits per heavy atom. The minimum atomic E-state index is -4.96. The highest BCUT2D eigenvalue weighted by atomic mass is 19.4. The monoisotopic (exact) mass is 318 g/mol. The summed E-state index contributed by atoms with van der Waals surface area (Å²) in [5.74, 6) is -2.68. The van der Waals surface area contributed by atoms with Crippen LogP contribution in [0.1, 0.15) is 35.2 Å². The Morgan fingerprint density at radius 2 is 2.09 bits per heavy atom. The summed E-state index contributed by atoms with van der Waals surface area (Å²) < 4.78 is 51.9. The zero-order valence-corrected chi connectivity index (χ0v) is 11.5. The van der Waals surface area contributed by atoms with Crippen molar-refractivity contribution in [3.8, 4) is 0 Å². The topological polar surface area (TPSA) is 58.2 Å². The molecule has 120 valence electrons.